The molecule has 1 atom stereocenters. The fraction of sp³-hybridized carbons (Fsp3) is 0.800. The van der Waals surface area contributed by atoms with Crippen LogP contribution in [0.3, 0.4) is 0 Å². The second-order valence-electron chi connectivity index (χ2n) is 9.57. The number of allylic oxidation sites excluding steroid dienone is 3. The molecule has 1 N–H and O–H groups in total. The molecular weight excluding hydrogens is 424 g/mol. The number of ether oxygens (including phenoxy) is 1. The number of carboxylic acids is 1. The van der Waals surface area contributed by atoms with Gasteiger partial charge in [0.05, 0.1) is 0 Å². The van der Waals surface area contributed by atoms with Crippen LogP contribution < -0.4 is 0 Å². The normalized spacial score (nSPS) is 12.5. The zero-order chi connectivity index (χ0) is 25.1. The van der Waals surface area contributed by atoms with Crippen molar-refractivity contribution in [2.24, 2.45) is 0 Å². The number of carbonyl (C=O) groups excluding carboxylic acids is 1. The van der Waals surface area contributed by atoms with Gasteiger partial charge < -0.3 is 9.84 Å². The Hall–Kier alpha value is -1.58. The van der Waals surface area contributed by atoms with Gasteiger partial charge in [-0.05, 0) is 63.9 Å². The Kier molecular flexibility index (Phi) is 24.8. The molecule has 0 saturated carbocycles. The summed E-state index contributed by atoms with van der Waals surface area (Å²) in [6.07, 6.45) is 30.5. The quantitative estimate of drug-likeness (QED) is 0.0806. The van der Waals surface area contributed by atoms with E-state index in [2.05, 4.69) is 38.2 Å². The maximum atomic E-state index is 12.4. The summed E-state index contributed by atoms with van der Waals surface area (Å²) in [5.41, 5.74) is 0. The van der Waals surface area contributed by atoms with Crippen LogP contribution in [0.15, 0.2) is 24.3 Å². The van der Waals surface area contributed by atoms with Crippen molar-refractivity contribution in [3.05, 3.63) is 24.3 Å². The van der Waals surface area contributed by atoms with Gasteiger partial charge in [-0.1, -0.05) is 96.3 Å². The zero-order valence-corrected chi connectivity index (χ0v) is 22.4. The highest BCUT2D eigenvalue weighted by molar-refractivity contribution is 5.69. The predicted molar refractivity (Wildman–Crippen MR) is 144 cm³/mol. The molecule has 0 radical (unpaired) electrons. The molecule has 0 aromatic heterocycles. The van der Waals surface area contributed by atoms with Crippen molar-refractivity contribution >= 4 is 11.9 Å². The molecule has 1 unspecified atom stereocenters. The van der Waals surface area contributed by atoms with Gasteiger partial charge >= 0.3 is 11.9 Å². The standard InChI is InChI=1S/C30H54O4/c1-3-5-7-9-11-12-13-15-17-23-27-30(33)34-28(24-20-16-14-10-8-6-4-2)25-21-18-19-22-26-29(31)32/h7,9,20,24,28H,3-6,8,10-19,21-23,25-27H2,1-2H3,(H,31,32)/b9-7-,24-20-. The number of carboxylic acid groups (broad SMARTS) is 1. The molecule has 0 spiro atoms. The van der Waals surface area contributed by atoms with Crippen LogP contribution in [0.2, 0.25) is 0 Å². The largest absolute Gasteiger partial charge is 0.481 e. The Morgan fingerprint density at radius 2 is 1.21 bits per heavy atom. The predicted octanol–water partition coefficient (Wildman–Crippen LogP) is 9.33. The lowest BCUT2D eigenvalue weighted by molar-refractivity contribution is -0.147. The Labute approximate surface area is 210 Å². The second kappa shape index (κ2) is 26.0. The molecule has 0 fully saturated rings. The fourth-order valence-electron chi connectivity index (χ4n) is 3.98. The zero-order valence-electron chi connectivity index (χ0n) is 22.4. The molecule has 0 aliphatic carbocycles. The van der Waals surface area contributed by atoms with Crippen LogP contribution in [0, 0.1) is 0 Å². The third-order valence-electron chi connectivity index (χ3n) is 6.11. The minimum Gasteiger partial charge on any atom is -0.481 e. The van der Waals surface area contributed by atoms with Gasteiger partial charge in [-0.2, -0.15) is 0 Å². The molecular formula is C30H54O4. The summed E-state index contributed by atoms with van der Waals surface area (Å²) in [6, 6.07) is 0. The summed E-state index contributed by atoms with van der Waals surface area (Å²) in [6.45, 7) is 4.43. The summed E-state index contributed by atoms with van der Waals surface area (Å²) in [5, 5.41) is 8.75. The van der Waals surface area contributed by atoms with Crippen molar-refractivity contribution in [1.29, 1.82) is 0 Å². The van der Waals surface area contributed by atoms with Gasteiger partial charge in [0.2, 0.25) is 0 Å². The van der Waals surface area contributed by atoms with Crippen molar-refractivity contribution in [3.63, 3.8) is 0 Å². The van der Waals surface area contributed by atoms with Crippen molar-refractivity contribution in [2.75, 3.05) is 0 Å². The van der Waals surface area contributed by atoms with Crippen molar-refractivity contribution in [3.8, 4) is 0 Å². The lowest BCUT2D eigenvalue weighted by Crippen LogP contribution is -2.16. The van der Waals surface area contributed by atoms with Gasteiger partial charge in [-0.25, -0.2) is 0 Å². The third kappa shape index (κ3) is 25.1. The summed E-state index contributed by atoms with van der Waals surface area (Å²) < 4.78 is 5.79. The number of rotatable bonds is 25. The Morgan fingerprint density at radius 3 is 1.88 bits per heavy atom. The van der Waals surface area contributed by atoms with Gasteiger partial charge in [0.1, 0.15) is 6.10 Å². The molecule has 0 aromatic carbocycles. The second-order valence-corrected chi connectivity index (χ2v) is 9.57. The summed E-state index contributed by atoms with van der Waals surface area (Å²) >= 11 is 0. The van der Waals surface area contributed by atoms with E-state index in [1.165, 1.54) is 70.6 Å². The van der Waals surface area contributed by atoms with Crippen LogP contribution in [0.5, 0.6) is 0 Å². The van der Waals surface area contributed by atoms with Crippen LogP contribution in [-0.4, -0.2) is 23.1 Å². The molecule has 4 heteroatoms. The summed E-state index contributed by atoms with van der Waals surface area (Å²) in [5.74, 6) is -0.802. The minimum atomic E-state index is -0.725. The van der Waals surface area contributed by atoms with Crippen LogP contribution in [0.4, 0.5) is 0 Å². The van der Waals surface area contributed by atoms with Gasteiger partial charge in [0.25, 0.3) is 0 Å². The number of hydrogen-bond donors (Lipinski definition) is 1. The molecule has 34 heavy (non-hydrogen) atoms. The highest BCUT2D eigenvalue weighted by Crippen LogP contribution is 2.15. The first kappa shape index (κ1) is 32.4. The lowest BCUT2D eigenvalue weighted by Gasteiger charge is -2.15. The fourth-order valence-corrected chi connectivity index (χ4v) is 3.98. The first-order chi connectivity index (χ1) is 16.6. The molecule has 0 bridgehead atoms. The van der Waals surface area contributed by atoms with E-state index in [1.807, 2.05) is 0 Å². The molecule has 0 rings (SSSR count). The third-order valence-corrected chi connectivity index (χ3v) is 6.11. The van der Waals surface area contributed by atoms with Crippen LogP contribution >= 0.6 is 0 Å². The van der Waals surface area contributed by atoms with E-state index in [4.69, 9.17) is 9.84 Å². The van der Waals surface area contributed by atoms with Crippen molar-refractivity contribution < 1.29 is 19.4 Å². The molecule has 0 aliphatic rings. The van der Waals surface area contributed by atoms with E-state index in [0.717, 1.165) is 51.4 Å². The van der Waals surface area contributed by atoms with E-state index >= 15 is 0 Å². The van der Waals surface area contributed by atoms with E-state index in [9.17, 15) is 9.59 Å². The van der Waals surface area contributed by atoms with Gasteiger partial charge in [-0.3, -0.25) is 9.59 Å². The minimum absolute atomic E-state index is 0.0778. The number of esters is 1. The maximum Gasteiger partial charge on any atom is 0.306 e. The molecule has 0 heterocycles. The lowest BCUT2D eigenvalue weighted by atomic mass is 10.1. The van der Waals surface area contributed by atoms with Gasteiger partial charge in [0.15, 0.2) is 0 Å². The summed E-state index contributed by atoms with van der Waals surface area (Å²) in [7, 11) is 0. The smallest absolute Gasteiger partial charge is 0.306 e. The highest BCUT2D eigenvalue weighted by atomic mass is 16.5. The number of aliphatic carboxylic acids is 1. The first-order valence-electron chi connectivity index (χ1n) is 14.3. The highest BCUT2D eigenvalue weighted by Gasteiger charge is 2.11. The molecule has 4 nitrogen and oxygen atoms in total. The SMILES string of the molecule is CCC/C=C\CCCCCCCC(=O)OC(/C=C\CCCCCCC)CCCCCCC(=O)O. The molecule has 0 amide bonds. The molecule has 0 saturated heterocycles. The monoisotopic (exact) mass is 478 g/mol. The topological polar surface area (TPSA) is 63.6 Å². The number of hydrogen-bond acceptors (Lipinski definition) is 3. The average molecular weight is 479 g/mol. The van der Waals surface area contributed by atoms with E-state index < -0.39 is 5.97 Å². The summed E-state index contributed by atoms with van der Waals surface area (Å²) in [4.78, 5) is 23.0. The Morgan fingerprint density at radius 1 is 0.647 bits per heavy atom. The van der Waals surface area contributed by atoms with E-state index in [1.54, 1.807) is 0 Å². The van der Waals surface area contributed by atoms with Gasteiger partial charge in [0, 0.05) is 12.8 Å². The number of unbranched alkanes of at least 4 members (excludes halogenated alkanes) is 14. The van der Waals surface area contributed by atoms with Crippen LogP contribution in [0.25, 0.3) is 0 Å². The van der Waals surface area contributed by atoms with Crippen molar-refractivity contribution in [2.45, 2.75) is 155 Å². The van der Waals surface area contributed by atoms with Crippen LogP contribution in [-0.2, 0) is 14.3 Å². The van der Waals surface area contributed by atoms with Crippen molar-refractivity contribution in [1.82, 2.24) is 0 Å². The maximum absolute atomic E-state index is 12.4. The van der Waals surface area contributed by atoms with E-state index in [0.29, 0.717) is 6.42 Å². The molecule has 0 aliphatic heterocycles. The van der Waals surface area contributed by atoms with Gasteiger partial charge in [-0.15, -0.1) is 0 Å². The molecule has 198 valence electrons. The van der Waals surface area contributed by atoms with E-state index in [-0.39, 0.29) is 18.5 Å². The molecule has 0 aromatic rings. The van der Waals surface area contributed by atoms with Crippen LogP contribution in [0.1, 0.15) is 149 Å². The Balaban J connectivity index is 4.13. The average Bonchev–Trinajstić information content (AvgIpc) is 2.81. The number of carbonyl (C=O) groups is 2. The Bertz CT molecular complexity index is 524. The first-order valence-corrected chi connectivity index (χ1v) is 14.3.